The number of aromatic nitrogens is 3. The highest BCUT2D eigenvalue weighted by Crippen LogP contribution is 2.35. The Kier molecular flexibility index (Phi) is 4.02. The van der Waals surface area contributed by atoms with Crippen LogP contribution in [-0.4, -0.2) is 28.3 Å². The molecule has 3 heterocycles. The van der Waals surface area contributed by atoms with Crippen molar-refractivity contribution < 1.29 is 9.47 Å². The lowest BCUT2D eigenvalue weighted by Crippen LogP contribution is -2.15. The van der Waals surface area contributed by atoms with Gasteiger partial charge in [-0.1, -0.05) is 22.9 Å². The van der Waals surface area contributed by atoms with E-state index < -0.39 is 0 Å². The number of imidazole rings is 1. The number of pyridine rings is 1. The van der Waals surface area contributed by atoms with E-state index >= 15 is 0 Å². The zero-order chi connectivity index (χ0) is 16.7. The van der Waals surface area contributed by atoms with Gasteiger partial charge in [-0.25, -0.2) is 4.98 Å². The standard InChI is InChI=1S/C18H18BrN3O2/c1-11-5-7-24-17(11)18-21-15-10-20-14-4-3-12(19)9-13(14)16(15)22(18)6-8-23-2/h3-5,7,9-11,17H,6,8H2,1-2H3. The van der Waals surface area contributed by atoms with E-state index in [0.717, 1.165) is 38.8 Å². The van der Waals surface area contributed by atoms with Crippen LogP contribution in [-0.2, 0) is 16.0 Å². The molecule has 2 aromatic heterocycles. The van der Waals surface area contributed by atoms with Gasteiger partial charge in [0.25, 0.3) is 0 Å². The van der Waals surface area contributed by atoms with E-state index in [1.165, 1.54) is 0 Å². The fraction of sp³-hybridized carbons (Fsp3) is 0.333. The van der Waals surface area contributed by atoms with Gasteiger partial charge < -0.3 is 14.0 Å². The molecule has 0 spiro atoms. The van der Waals surface area contributed by atoms with E-state index in [9.17, 15) is 0 Å². The van der Waals surface area contributed by atoms with Crippen LogP contribution in [0.2, 0.25) is 0 Å². The first-order valence-electron chi connectivity index (χ1n) is 7.94. The van der Waals surface area contributed by atoms with Crippen molar-refractivity contribution in [3.63, 3.8) is 0 Å². The molecule has 0 N–H and O–H groups in total. The van der Waals surface area contributed by atoms with Crippen LogP contribution in [0, 0.1) is 5.92 Å². The molecule has 0 aliphatic carbocycles. The molecule has 1 aliphatic rings. The van der Waals surface area contributed by atoms with Gasteiger partial charge in [-0.05, 0) is 24.3 Å². The molecule has 0 saturated heterocycles. The molecule has 0 fully saturated rings. The smallest absolute Gasteiger partial charge is 0.161 e. The molecule has 124 valence electrons. The molecule has 1 aromatic carbocycles. The number of nitrogens with zero attached hydrogens (tertiary/aromatic N) is 3. The molecule has 0 radical (unpaired) electrons. The quantitative estimate of drug-likeness (QED) is 0.672. The second-order valence-corrected chi connectivity index (χ2v) is 6.93. The third-order valence-corrected chi connectivity index (χ3v) is 4.92. The molecular formula is C18H18BrN3O2. The average Bonchev–Trinajstić information content (AvgIpc) is 3.15. The molecule has 0 bridgehead atoms. The Balaban J connectivity index is 1.98. The lowest BCUT2D eigenvalue weighted by molar-refractivity contribution is 0.125. The Morgan fingerprint density at radius 2 is 2.21 bits per heavy atom. The summed E-state index contributed by atoms with van der Waals surface area (Å²) in [6.07, 6.45) is 5.60. The topological polar surface area (TPSA) is 49.2 Å². The number of hydrogen-bond donors (Lipinski definition) is 0. The fourth-order valence-corrected chi connectivity index (χ4v) is 3.57. The van der Waals surface area contributed by atoms with Crippen LogP contribution >= 0.6 is 15.9 Å². The van der Waals surface area contributed by atoms with Crippen LogP contribution in [0.1, 0.15) is 18.9 Å². The molecule has 24 heavy (non-hydrogen) atoms. The SMILES string of the molecule is COCCn1c(C2OC=CC2C)nc2cnc3ccc(Br)cc3c21. The van der Waals surface area contributed by atoms with E-state index in [1.807, 2.05) is 18.3 Å². The van der Waals surface area contributed by atoms with E-state index in [0.29, 0.717) is 6.61 Å². The lowest BCUT2D eigenvalue weighted by atomic mass is 10.1. The Hall–Kier alpha value is -1.92. The summed E-state index contributed by atoms with van der Waals surface area (Å²) in [5.41, 5.74) is 2.92. The van der Waals surface area contributed by atoms with Crippen molar-refractivity contribution in [3.8, 4) is 0 Å². The van der Waals surface area contributed by atoms with E-state index in [1.54, 1.807) is 13.4 Å². The molecule has 5 nitrogen and oxygen atoms in total. The van der Waals surface area contributed by atoms with Crippen LogP contribution in [0.5, 0.6) is 0 Å². The van der Waals surface area contributed by atoms with Crippen molar-refractivity contribution in [2.75, 3.05) is 13.7 Å². The van der Waals surface area contributed by atoms with Crippen LogP contribution in [0.25, 0.3) is 21.9 Å². The van der Waals surface area contributed by atoms with Gasteiger partial charge in [-0.15, -0.1) is 0 Å². The van der Waals surface area contributed by atoms with Gasteiger partial charge in [0.2, 0.25) is 0 Å². The fourth-order valence-electron chi connectivity index (χ4n) is 3.21. The minimum atomic E-state index is -0.0727. The predicted molar refractivity (Wildman–Crippen MR) is 96.7 cm³/mol. The van der Waals surface area contributed by atoms with Gasteiger partial charge in [0.15, 0.2) is 11.9 Å². The molecule has 1 aliphatic heterocycles. The summed E-state index contributed by atoms with van der Waals surface area (Å²) >= 11 is 3.56. The third kappa shape index (κ3) is 2.50. The van der Waals surface area contributed by atoms with Crippen molar-refractivity contribution in [1.29, 1.82) is 0 Å². The summed E-state index contributed by atoms with van der Waals surface area (Å²) in [6, 6.07) is 6.11. The maximum Gasteiger partial charge on any atom is 0.161 e. The van der Waals surface area contributed by atoms with Crippen LogP contribution in [0.4, 0.5) is 0 Å². The van der Waals surface area contributed by atoms with Crippen LogP contribution in [0.3, 0.4) is 0 Å². The maximum absolute atomic E-state index is 5.80. The number of halogens is 1. The number of rotatable bonds is 4. The first-order valence-corrected chi connectivity index (χ1v) is 8.74. The Morgan fingerprint density at radius 3 is 2.96 bits per heavy atom. The molecule has 0 amide bonds. The highest BCUT2D eigenvalue weighted by molar-refractivity contribution is 9.10. The molecule has 0 saturated carbocycles. The maximum atomic E-state index is 5.80. The second-order valence-electron chi connectivity index (χ2n) is 6.01. The highest BCUT2D eigenvalue weighted by Gasteiger charge is 2.29. The van der Waals surface area contributed by atoms with Gasteiger partial charge in [0.05, 0.1) is 30.1 Å². The van der Waals surface area contributed by atoms with E-state index in [-0.39, 0.29) is 12.0 Å². The normalized spacial score (nSPS) is 20.1. The highest BCUT2D eigenvalue weighted by atomic mass is 79.9. The van der Waals surface area contributed by atoms with Gasteiger partial charge in [-0.2, -0.15) is 0 Å². The molecule has 3 aromatic rings. The van der Waals surface area contributed by atoms with Gasteiger partial charge in [-0.3, -0.25) is 4.98 Å². The number of fused-ring (bicyclic) bond motifs is 3. The summed E-state index contributed by atoms with van der Waals surface area (Å²) in [4.78, 5) is 9.39. The third-order valence-electron chi connectivity index (χ3n) is 4.42. The van der Waals surface area contributed by atoms with E-state index in [4.69, 9.17) is 14.5 Å². The minimum absolute atomic E-state index is 0.0727. The molecule has 4 rings (SSSR count). The number of benzene rings is 1. The molecule has 2 unspecified atom stereocenters. The minimum Gasteiger partial charge on any atom is -0.490 e. The van der Waals surface area contributed by atoms with Gasteiger partial charge in [0, 0.05) is 29.4 Å². The summed E-state index contributed by atoms with van der Waals surface area (Å²) in [7, 11) is 1.71. The van der Waals surface area contributed by atoms with Crippen molar-refractivity contribution in [1.82, 2.24) is 14.5 Å². The lowest BCUT2D eigenvalue weighted by Gasteiger charge is -2.17. The summed E-state index contributed by atoms with van der Waals surface area (Å²) < 4.78 is 14.4. The molecular weight excluding hydrogens is 370 g/mol. The summed E-state index contributed by atoms with van der Waals surface area (Å²) in [6.45, 7) is 3.48. The summed E-state index contributed by atoms with van der Waals surface area (Å²) in [5.74, 6) is 1.21. The second kappa shape index (κ2) is 6.18. The van der Waals surface area contributed by atoms with Crippen molar-refractivity contribution in [2.24, 2.45) is 5.92 Å². The van der Waals surface area contributed by atoms with Gasteiger partial charge in [0.1, 0.15) is 5.52 Å². The molecule has 2 atom stereocenters. The monoisotopic (exact) mass is 387 g/mol. The zero-order valence-electron chi connectivity index (χ0n) is 13.6. The Bertz CT molecular complexity index is 935. The predicted octanol–water partition coefficient (Wildman–Crippen LogP) is 4.21. The van der Waals surface area contributed by atoms with Crippen molar-refractivity contribution in [2.45, 2.75) is 19.6 Å². The van der Waals surface area contributed by atoms with Crippen LogP contribution < -0.4 is 0 Å². The Labute approximate surface area is 148 Å². The number of methoxy groups -OCH3 is 1. The van der Waals surface area contributed by atoms with Crippen molar-refractivity contribution in [3.05, 3.63) is 47.0 Å². The van der Waals surface area contributed by atoms with E-state index in [2.05, 4.69) is 44.5 Å². The zero-order valence-corrected chi connectivity index (χ0v) is 15.2. The van der Waals surface area contributed by atoms with Crippen molar-refractivity contribution >= 4 is 37.9 Å². The summed E-state index contributed by atoms with van der Waals surface area (Å²) in [5, 5.41) is 1.08. The Morgan fingerprint density at radius 1 is 1.33 bits per heavy atom. The average molecular weight is 388 g/mol. The molecule has 6 heteroatoms. The largest absolute Gasteiger partial charge is 0.490 e. The van der Waals surface area contributed by atoms with Crippen LogP contribution in [0.15, 0.2) is 41.2 Å². The first kappa shape index (κ1) is 15.6. The van der Waals surface area contributed by atoms with Gasteiger partial charge >= 0.3 is 0 Å². The number of hydrogen-bond acceptors (Lipinski definition) is 4. The first-order chi connectivity index (χ1) is 11.7. The number of ether oxygens (including phenoxy) is 2.